The minimum atomic E-state index is 0.645. The van der Waals surface area contributed by atoms with Crippen molar-refractivity contribution in [3.05, 3.63) is 59.7 Å². The summed E-state index contributed by atoms with van der Waals surface area (Å²) in [5.41, 5.74) is 5.20. The normalized spacial score (nSPS) is 12.4. The van der Waals surface area contributed by atoms with Crippen LogP contribution in [0.4, 0.5) is 11.4 Å². The number of benzene rings is 2. The van der Waals surface area contributed by atoms with Crippen molar-refractivity contribution >= 4 is 11.4 Å². The lowest BCUT2D eigenvalue weighted by Crippen LogP contribution is -2.43. The van der Waals surface area contributed by atoms with Crippen molar-refractivity contribution in [2.24, 2.45) is 0 Å². The number of aryl methyl sites for hydroxylation is 2. The topological polar surface area (TPSA) is 18.5 Å². The summed E-state index contributed by atoms with van der Waals surface area (Å²) in [4.78, 5) is 0. The summed E-state index contributed by atoms with van der Waals surface area (Å²) >= 11 is 0. The first-order valence-electron chi connectivity index (χ1n) is 10.2. The zero-order chi connectivity index (χ0) is 20.6. The first-order valence-corrected chi connectivity index (χ1v) is 10.2. The molecule has 4 heteroatoms. The van der Waals surface area contributed by atoms with E-state index in [1.807, 2.05) is 0 Å². The van der Waals surface area contributed by atoms with Crippen molar-refractivity contribution in [3.8, 4) is 0 Å². The fraction of sp³-hybridized carbons (Fsp3) is 0.500. The largest absolute Gasteiger partial charge is 0.373 e. The quantitative estimate of drug-likeness (QED) is 0.426. The predicted molar refractivity (Wildman–Crippen MR) is 121 cm³/mol. The van der Waals surface area contributed by atoms with Crippen LogP contribution in [0.25, 0.3) is 0 Å². The van der Waals surface area contributed by atoms with Gasteiger partial charge in [-0.3, -0.25) is 8.97 Å². The average Bonchev–Trinajstić information content (AvgIpc) is 2.64. The maximum Gasteiger partial charge on any atom is 0.132 e. The van der Waals surface area contributed by atoms with Crippen LogP contribution in [0.15, 0.2) is 48.5 Å². The highest BCUT2D eigenvalue weighted by Crippen LogP contribution is 2.20. The number of hydrogen-bond donors (Lipinski definition) is 0. The maximum absolute atomic E-state index is 5.80. The SMILES string of the molecule is Cc1ccc([N+](C)(C)CCOCCOCC[N+](C)(C)c2ccc(C)cc2)cc1. The molecule has 0 aliphatic heterocycles. The lowest BCUT2D eigenvalue weighted by atomic mass is 10.2. The van der Waals surface area contributed by atoms with E-state index in [2.05, 4.69) is 90.6 Å². The van der Waals surface area contributed by atoms with Crippen LogP contribution >= 0.6 is 0 Å². The van der Waals surface area contributed by atoms with Crippen LogP contribution in [0.1, 0.15) is 11.1 Å². The molecule has 0 fully saturated rings. The monoisotopic (exact) mass is 386 g/mol. The molecule has 0 saturated heterocycles. The molecule has 0 unspecified atom stereocenters. The molecule has 0 amide bonds. The zero-order valence-electron chi connectivity index (χ0n) is 18.6. The van der Waals surface area contributed by atoms with Gasteiger partial charge in [0, 0.05) is 0 Å². The second-order valence-electron chi connectivity index (χ2n) is 8.71. The van der Waals surface area contributed by atoms with Crippen molar-refractivity contribution in [3.63, 3.8) is 0 Å². The van der Waals surface area contributed by atoms with E-state index in [-0.39, 0.29) is 0 Å². The Kier molecular flexibility index (Phi) is 8.20. The number of quaternary nitrogens is 2. The summed E-state index contributed by atoms with van der Waals surface area (Å²) in [6.07, 6.45) is 0. The molecule has 0 N–H and O–H groups in total. The van der Waals surface area contributed by atoms with Gasteiger partial charge in [-0.1, -0.05) is 35.4 Å². The van der Waals surface area contributed by atoms with E-state index < -0.39 is 0 Å². The number of hydrogen-bond acceptors (Lipinski definition) is 2. The second kappa shape index (κ2) is 10.2. The number of likely N-dealkylation sites (N-methyl/N-ethyl adjacent to an activating group) is 2. The highest BCUT2D eigenvalue weighted by molar-refractivity contribution is 5.43. The molecule has 0 atom stereocenters. The Labute approximate surface area is 171 Å². The summed E-state index contributed by atoms with van der Waals surface area (Å²) in [5.74, 6) is 0. The molecule has 2 aromatic carbocycles. The minimum Gasteiger partial charge on any atom is -0.373 e. The molecule has 2 rings (SSSR count). The van der Waals surface area contributed by atoms with Crippen LogP contribution in [-0.2, 0) is 9.47 Å². The average molecular weight is 387 g/mol. The first-order chi connectivity index (χ1) is 13.2. The van der Waals surface area contributed by atoms with Crippen LogP contribution < -0.4 is 8.97 Å². The van der Waals surface area contributed by atoms with Crippen LogP contribution in [-0.4, -0.2) is 67.7 Å². The van der Waals surface area contributed by atoms with Gasteiger partial charge in [0.05, 0.1) is 54.6 Å². The lowest BCUT2D eigenvalue weighted by Gasteiger charge is -2.29. The summed E-state index contributed by atoms with van der Waals surface area (Å²) in [6, 6.07) is 17.5. The Morgan fingerprint density at radius 2 is 0.857 bits per heavy atom. The molecule has 0 spiro atoms. The molecular weight excluding hydrogens is 348 g/mol. The number of nitrogens with zero attached hydrogens (tertiary/aromatic N) is 2. The van der Waals surface area contributed by atoms with Crippen LogP contribution in [0.2, 0.25) is 0 Å². The van der Waals surface area contributed by atoms with Crippen LogP contribution in [0.3, 0.4) is 0 Å². The van der Waals surface area contributed by atoms with Gasteiger partial charge in [-0.25, -0.2) is 0 Å². The third kappa shape index (κ3) is 7.02. The van der Waals surface area contributed by atoms with E-state index >= 15 is 0 Å². The highest BCUT2D eigenvalue weighted by atomic mass is 16.5. The molecule has 0 aliphatic rings. The highest BCUT2D eigenvalue weighted by Gasteiger charge is 2.19. The molecule has 4 nitrogen and oxygen atoms in total. The summed E-state index contributed by atoms with van der Waals surface area (Å²) < 4.78 is 13.2. The van der Waals surface area contributed by atoms with E-state index in [0.29, 0.717) is 13.2 Å². The molecule has 154 valence electrons. The van der Waals surface area contributed by atoms with Gasteiger partial charge >= 0.3 is 0 Å². The molecule has 0 aliphatic carbocycles. The number of rotatable bonds is 11. The second-order valence-corrected chi connectivity index (χ2v) is 8.71. The fourth-order valence-corrected chi connectivity index (χ4v) is 3.06. The third-order valence-electron chi connectivity index (χ3n) is 5.43. The van der Waals surface area contributed by atoms with E-state index in [9.17, 15) is 0 Å². The third-order valence-corrected chi connectivity index (χ3v) is 5.43. The van der Waals surface area contributed by atoms with E-state index in [1.165, 1.54) is 22.5 Å². The molecule has 0 bridgehead atoms. The minimum absolute atomic E-state index is 0.645. The molecule has 2 aromatic rings. The molecule has 28 heavy (non-hydrogen) atoms. The van der Waals surface area contributed by atoms with Crippen LogP contribution in [0.5, 0.6) is 0 Å². The standard InChI is InChI=1S/C24H38N2O2/c1-21-7-11-23(12-8-21)25(3,4)15-17-27-19-20-28-18-16-26(5,6)24-13-9-22(2)10-14-24/h7-14H,15-20H2,1-6H3/q+2. The molecule has 0 heterocycles. The first kappa shape index (κ1) is 22.6. The van der Waals surface area contributed by atoms with Gasteiger partial charge in [-0.05, 0) is 38.1 Å². The Morgan fingerprint density at radius 3 is 1.18 bits per heavy atom. The van der Waals surface area contributed by atoms with Gasteiger partial charge in [0.25, 0.3) is 0 Å². The molecular formula is C24H38N2O2+2. The van der Waals surface area contributed by atoms with Crippen molar-refractivity contribution < 1.29 is 9.47 Å². The smallest absolute Gasteiger partial charge is 0.132 e. The lowest BCUT2D eigenvalue weighted by molar-refractivity contribution is 0.0388. The number of ether oxygens (including phenoxy) is 2. The van der Waals surface area contributed by atoms with E-state index in [0.717, 1.165) is 35.3 Å². The van der Waals surface area contributed by atoms with Gasteiger partial charge < -0.3 is 9.47 Å². The van der Waals surface area contributed by atoms with Crippen molar-refractivity contribution in [1.82, 2.24) is 8.97 Å². The Hall–Kier alpha value is -1.72. The summed E-state index contributed by atoms with van der Waals surface area (Å²) in [5, 5.41) is 0. The maximum atomic E-state index is 5.80. The van der Waals surface area contributed by atoms with Gasteiger partial charge in [0.15, 0.2) is 0 Å². The molecule has 0 aromatic heterocycles. The Morgan fingerprint density at radius 1 is 0.536 bits per heavy atom. The molecule has 0 radical (unpaired) electrons. The van der Waals surface area contributed by atoms with Gasteiger partial charge in [-0.2, -0.15) is 0 Å². The summed E-state index contributed by atoms with van der Waals surface area (Å²) in [6.45, 7) is 8.88. The molecule has 0 saturated carbocycles. The zero-order valence-corrected chi connectivity index (χ0v) is 18.6. The van der Waals surface area contributed by atoms with Gasteiger partial charge in [-0.15, -0.1) is 0 Å². The van der Waals surface area contributed by atoms with E-state index in [1.54, 1.807) is 0 Å². The van der Waals surface area contributed by atoms with Gasteiger partial charge in [0.1, 0.15) is 24.5 Å². The van der Waals surface area contributed by atoms with Crippen molar-refractivity contribution in [2.45, 2.75) is 13.8 Å². The van der Waals surface area contributed by atoms with E-state index in [4.69, 9.17) is 9.47 Å². The fourth-order valence-electron chi connectivity index (χ4n) is 3.06. The van der Waals surface area contributed by atoms with Gasteiger partial charge in [0.2, 0.25) is 0 Å². The summed E-state index contributed by atoms with van der Waals surface area (Å²) in [7, 11) is 8.87. The Bertz CT molecular complexity index is 643. The van der Waals surface area contributed by atoms with Crippen molar-refractivity contribution in [2.75, 3.05) is 67.7 Å². The Balaban J connectivity index is 1.60. The van der Waals surface area contributed by atoms with Crippen molar-refractivity contribution in [1.29, 1.82) is 0 Å². The van der Waals surface area contributed by atoms with Crippen LogP contribution in [0, 0.1) is 13.8 Å². The predicted octanol–water partition coefficient (Wildman–Crippen LogP) is 4.17.